The van der Waals surface area contributed by atoms with Crippen molar-refractivity contribution in [1.29, 1.82) is 0 Å². The fourth-order valence-corrected chi connectivity index (χ4v) is 1.98. The molecular formula is C15H15FN2O2. The highest BCUT2D eigenvalue weighted by molar-refractivity contribution is 5.93. The molecule has 0 aliphatic rings. The van der Waals surface area contributed by atoms with Gasteiger partial charge in [0.1, 0.15) is 11.4 Å². The van der Waals surface area contributed by atoms with Gasteiger partial charge in [-0.25, -0.2) is 9.18 Å². The van der Waals surface area contributed by atoms with Crippen LogP contribution in [-0.4, -0.2) is 22.1 Å². The summed E-state index contributed by atoms with van der Waals surface area (Å²) in [6.07, 6.45) is 3.52. The van der Waals surface area contributed by atoms with Crippen LogP contribution in [0.2, 0.25) is 0 Å². The Labute approximate surface area is 116 Å². The van der Waals surface area contributed by atoms with Gasteiger partial charge in [0, 0.05) is 18.4 Å². The molecule has 0 fully saturated rings. The smallest absolute Gasteiger partial charge is 0.339 e. The molecule has 2 aromatic rings. The van der Waals surface area contributed by atoms with Gasteiger partial charge in [-0.3, -0.25) is 4.98 Å². The largest absolute Gasteiger partial charge is 0.478 e. The number of carboxylic acids is 1. The van der Waals surface area contributed by atoms with Gasteiger partial charge in [-0.1, -0.05) is 12.1 Å². The third kappa shape index (κ3) is 3.54. The molecule has 0 bridgehead atoms. The summed E-state index contributed by atoms with van der Waals surface area (Å²) in [5.41, 5.74) is 1.65. The molecule has 1 unspecified atom stereocenters. The lowest BCUT2D eigenvalue weighted by molar-refractivity contribution is 0.0697. The SMILES string of the molecule is CC(Cc1ccc(F)cc1)Nc1ccncc1C(=O)O. The second-order valence-electron chi connectivity index (χ2n) is 4.60. The molecule has 2 rings (SSSR count). The van der Waals surface area contributed by atoms with E-state index in [4.69, 9.17) is 5.11 Å². The average Bonchev–Trinajstić information content (AvgIpc) is 2.41. The summed E-state index contributed by atoms with van der Waals surface area (Å²) in [6, 6.07) is 7.91. The molecule has 0 radical (unpaired) electrons. The maximum Gasteiger partial charge on any atom is 0.339 e. The van der Waals surface area contributed by atoms with Crippen molar-refractivity contribution in [1.82, 2.24) is 4.98 Å². The summed E-state index contributed by atoms with van der Waals surface area (Å²) in [5, 5.41) is 12.2. The zero-order valence-corrected chi connectivity index (χ0v) is 11.0. The third-order valence-corrected chi connectivity index (χ3v) is 2.91. The number of nitrogens with zero attached hydrogens (tertiary/aromatic N) is 1. The number of rotatable bonds is 5. The lowest BCUT2D eigenvalue weighted by Gasteiger charge is -2.16. The molecule has 1 aromatic carbocycles. The topological polar surface area (TPSA) is 62.2 Å². The Balaban J connectivity index is 2.06. The fourth-order valence-electron chi connectivity index (χ4n) is 1.98. The minimum absolute atomic E-state index is 0.0148. The van der Waals surface area contributed by atoms with E-state index in [1.165, 1.54) is 18.3 Å². The van der Waals surface area contributed by atoms with Crippen LogP contribution in [-0.2, 0) is 6.42 Å². The first-order valence-electron chi connectivity index (χ1n) is 6.24. The van der Waals surface area contributed by atoms with Gasteiger partial charge in [0.05, 0.1) is 5.69 Å². The average molecular weight is 274 g/mol. The van der Waals surface area contributed by atoms with E-state index in [2.05, 4.69) is 10.3 Å². The summed E-state index contributed by atoms with van der Waals surface area (Å²) in [6.45, 7) is 1.94. The number of aromatic carboxylic acids is 1. The van der Waals surface area contributed by atoms with Gasteiger partial charge in [0.2, 0.25) is 0 Å². The Bertz CT molecular complexity index is 599. The molecular weight excluding hydrogens is 259 g/mol. The van der Waals surface area contributed by atoms with E-state index in [0.717, 1.165) is 5.56 Å². The van der Waals surface area contributed by atoms with Gasteiger partial charge < -0.3 is 10.4 Å². The van der Waals surface area contributed by atoms with Crippen LogP contribution in [0, 0.1) is 5.82 Å². The van der Waals surface area contributed by atoms with Crippen LogP contribution >= 0.6 is 0 Å². The van der Waals surface area contributed by atoms with Crippen LogP contribution in [0.25, 0.3) is 0 Å². The minimum atomic E-state index is -1.02. The van der Waals surface area contributed by atoms with Crippen LogP contribution in [0.3, 0.4) is 0 Å². The standard InChI is InChI=1S/C15H15FN2O2/c1-10(8-11-2-4-12(16)5-3-11)18-14-6-7-17-9-13(14)15(19)20/h2-7,9-10H,8H2,1H3,(H,17,18)(H,19,20). The minimum Gasteiger partial charge on any atom is -0.478 e. The monoisotopic (exact) mass is 274 g/mol. The van der Waals surface area contributed by atoms with E-state index >= 15 is 0 Å². The first-order chi connectivity index (χ1) is 9.56. The lowest BCUT2D eigenvalue weighted by atomic mass is 10.1. The highest BCUT2D eigenvalue weighted by Crippen LogP contribution is 2.16. The van der Waals surface area contributed by atoms with E-state index in [-0.39, 0.29) is 17.4 Å². The number of hydrogen-bond donors (Lipinski definition) is 2. The second kappa shape index (κ2) is 6.14. The van der Waals surface area contributed by atoms with Crippen molar-refractivity contribution in [3.63, 3.8) is 0 Å². The van der Waals surface area contributed by atoms with Crippen LogP contribution in [0.5, 0.6) is 0 Å². The third-order valence-electron chi connectivity index (χ3n) is 2.91. The molecule has 4 nitrogen and oxygen atoms in total. The number of carboxylic acid groups (broad SMARTS) is 1. The number of carbonyl (C=O) groups is 1. The summed E-state index contributed by atoms with van der Waals surface area (Å²) in [4.78, 5) is 14.9. The van der Waals surface area contributed by atoms with Crippen LogP contribution < -0.4 is 5.32 Å². The zero-order chi connectivity index (χ0) is 14.5. The van der Waals surface area contributed by atoms with Gasteiger partial charge in [-0.2, -0.15) is 0 Å². The molecule has 1 aromatic heterocycles. The Morgan fingerprint density at radius 3 is 2.70 bits per heavy atom. The first-order valence-corrected chi connectivity index (χ1v) is 6.24. The zero-order valence-electron chi connectivity index (χ0n) is 11.0. The van der Waals surface area contributed by atoms with Crippen molar-refractivity contribution in [2.75, 3.05) is 5.32 Å². The molecule has 20 heavy (non-hydrogen) atoms. The maximum atomic E-state index is 12.8. The number of anilines is 1. The molecule has 0 aliphatic carbocycles. The fraction of sp³-hybridized carbons (Fsp3) is 0.200. The summed E-state index contributed by atoms with van der Waals surface area (Å²) in [7, 11) is 0. The molecule has 1 atom stereocenters. The van der Waals surface area contributed by atoms with E-state index in [1.54, 1.807) is 24.4 Å². The summed E-state index contributed by atoms with van der Waals surface area (Å²) in [5.74, 6) is -1.29. The number of halogens is 1. The quantitative estimate of drug-likeness (QED) is 0.880. The summed E-state index contributed by atoms with van der Waals surface area (Å²) >= 11 is 0. The molecule has 0 aliphatic heterocycles. The van der Waals surface area contributed by atoms with Gasteiger partial charge >= 0.3 is 5.97 Å². The van der Waals surface area contributed by atoms with Crippen LogP contribution in [0.1, 0.15) is 22.8 Å². The Morgan fingerprint density at radius 2 is 2.05 bits per heavy atom. The van der Waals surface area contributed by atoms with E-state index < -0.39 is 5.97 Å². The van der Waals surface area contributed by atoms with Crippen molar-refractivity contribution in [2.24, 2.45) is 0 Å². The van der Waals surface area contributed by atoms with Crippen LogP contribution in [0.15, 0.2) is 42.7 Å². The van der Waals surface area contributed by atoms with E-state index in [1.807, 2.05) is 6.92 Å². The second-order valence-corrected chi connectivity index (χ2v) is 4.60. The molecule has 0 saturated carbocycles. The van der Waals surface area contributed by atoms with Crippen molar-refractivity contribution in [3.8, 4) is 0 Å². The first kappa shape index (κ1) is 14.0. The number of nitrogens with one attached hydrogen (secondary N) is 1. The maximum absolute atomic E-state index is 12.8. The van der Waals surface area contributed by atoms with Crippen molar-refractivity contribution >= 4 is 11.7 Å². The molecule has 0 amide bonds. The highest BCUT2D eigenvalue weighted by atomic mass is 19.1. The molecule has 1 heterocycles. The van der Waals surface area contributed by atoms with E-state index in [9.17, 15) is 9.18 Å². The van der Waals surface area contributed by atoms with Crippen LogP contribution in [0.4, 0.5) is 10.1 Å². The number of benzene rings is 1. The predicted octanol–water partition coefficient (Wildman–Crippen LogP) is 2.96. The number of pyridine rings is 1. The van der Waals surface area contributed by atoms with Gasteiger partial charge in [0.15, 0.2) is 0 Å². The van der Waals surface area contributed by atoms with Crippen molar-refractivity contribution in [2.45, 2.75) is 19.4 Å². The summed E-state index contributed by atoms with van der Waals surface area (Å²) < 4.78 is 12.8. The molecule has 2 N–H and O–H groups in total. The molecule has 0 saturated heterocycles. The van der Waals surface area contributed by atoms with Gasteiger partial charge in [0.25, 0.3) is 0 Å². The van der Waals surface area contributed by atoms with Crippen molar-refractivity contribution in [3.05, 3.63) is 59.7 Å². The highest BCUT2D eigenvalue weighted by Gasteiger charge is 2.12. The molecule has 0 spiro atoms. The van der Waals surface area contributed by atoms with E-state index in [0.29, 0.717) is 12.1 Å². The Hall–Kier alpha value is -2.43. The molecule has 104 valence electrons. The normalized spacial score (nSPS) is 11.9. The lowest BCUT2D eigenvalue weighted by Crippen LogP contribution is -2.20. The Kier molecular flexibility index (Phi) is 4.30. The van der Waals surface area contributed by atoms with Gasteiger partial charge in [-0.05, 0) is 37.1 Å². The Morgan fingerprint density at radius 1 is 1.35 bits per heavy atom. The van der Waals surface area contributed by atoms with Crippen molar-refractivity contribution < 1.29 is 14.3 Å². The molecule has 5 heteroatoms. The predicted molar refractivity (Wildman–Crippen MR) is 74.4 cm³/mol. The number of hydrogen-bond acceptors (Lipinski definition) is 3. The van der Waals surface area contributed by atoms with Gasteiger partial charge in [-0.15, -0.1) is 0 Å². The number of aromatic nitrogens is 1.